The van der Waals surface area contributed by atoms with Crippen molar-refractivity contribution in [2.45, 2.75) is 13.5 Å². The second-order valence-electron chi connectivity index (χ2n) is 5.32. The zero-order chi connectivity index (χ0) is 18.1. The van der Waals surface area contributed by atoms with Crippen molar-refractivity contribution in [2.75, 3.05) is 20.8 Å². The zero-order valence-corrected chi connectivity index (χ0v) is 14.7. The Balaban J connectivity index is 1.86. The van der Waals surface area contributed by atoms with Gasteiger partial charge in [-0.1, -0.05) is 30.4 Å². The summed E-state index contributed by atoms with van der Waals surface area (Å²) in [4.78, 5) is 12.0. The predicted octanol–water partition coefficient (Wildman–Crippen LogP) is 3.43. The first kappa shape index (κ1) is 18.4. The third-order valence-electron chi connectivity index (χ3n) is 3.55. The van der Waals surface area contributed by atoms with Gasteiger partial charge >= 0.3 is 0 Å². The molecular weight excluding hydrogens is 318 g/mol. The highest BCUT2D eigenvalue weighted by atomic mass is 16.5. The summed E-state index contributed by atoms with van der Waals surface area (Å²) in [5.41, 5.74) is 2.00. The maximum Gasteiger partial charge on any atom is 0.258 e. The zero-order valence-electron chi connectivity index (χ0n) is 14.7. The molecule has 1 N–H and O–H groups in total. The van der Waals surface area contributed by atoms with E-state index < -0.39 is 0 Å². The van der Waals surface area contributed by atoms with Crippen LogP contribution in [0.3, 0.4) is 0 Å². The number of ether oxygens (including phenoxy) is 3. The quantitative estimate of drug-likeness (QED) is 0.799. The molecule has 5 heteroatoms. The number of carbonyl (C=O) groups excluding carboxylic acids is 1. The number of hydrogen-bond acceptors (Lipinski definition) is 4. The normalized spacial score (nSPS) is 10.5. The van der Waals surface area contributed by atoms with E-state index >= 15 is 0 Å². The first-order chi connectivity index (χ1) is 12.2. The van der Waals surface area contributed by atoms with Crippen LogP contribution in [0.25, 0.3) is 6.08 Å². The van der Waals surface area contributed by atoms with Gasteiger partial charge in [0, 0.05) is 6.54 Å². The topological polar surface area (TPSA) is 56.8 Å². The van der Waals surface area contributed by atoms with Gasteiger partial charge in [-0.15, -0.1) is 0 Å². The van der Waals surface area contributed by atoms with Gasteiger partial charge in [-0.25, -0.2) is 0 Å². The molecule has 0 radical (unpaired) electrons. The largest absolute Gasteiger partial charge is 0.497 e. The molecule has 0 aliphatic rings. The van der Waals surface area contributed by atoms with Crippen LogP contribution < -0.4 is 19.5 Å². The van der Waals surface area contributed by atoms with Gasteiger partial charge in [0.05, 0.1) is 14.2 Å². The predicted molar refractivity (Wildman–Crippen MR) is 98.0 cm³/mol. The number of methoxy groups -OCH3 is 2. The Morgan fingerprint density at radius 2 is 1.80 bits per heavy atom. The lowest BCUT2D eigenvalue weighted by atomic mass is 10.2. The number of nitrogens with one attached hydrogen (secondary N) is 1. The summed E-state index contributed by atoms with van der Waals surface area (Å²) in [5.74, 6) is 1.72. The Hall–Kier alpha value is -2.95. The van der Waals surface area contributed by atoms with Crippen molar-refractivity contribution >= 4 is 12.0 Å². The van der Waals surface area contributed by atoms with Gasteiger partial charge < -0.3 is 19.5 Å². The van der Waals surface area contributed by atoms with Crippen molar-refractivity contribution in [3.05, 3.63) is 59.7 Å². The van der Waals surface area contributed by atoms with Crippen LogP contribution in [-0.4, -0.2) is 26.7 Å². The van der Waals surface area contributed by atoms with E-state index in [1.54, 1.807) is 20.3 Å². The molecule has 0 heterocycles. The lowest BCUT2D eigenvalue weighted by molar-refractivity contribution is -0.123. The van der Waals surface area contributed by atoms with Crippen molar-refractivity contribution in [1.82, 2.24) is 5.32 Å². The standard InChI is InChI=1S/C20H23NO4/c1-4-5-15-8-11-18(19(12-15)24-3)25-14-20(22)21-13-16-6-9-17(23-2)10-7-16/h4-12H,13-14H2,1-3H3,(H,21,22)/b5-4-. The first-order valence-corrected chi connectivity index (χ1v) is 7.99. The summed E-state index contributed by atoms with van der Waals surface area (Å²) < 4.78 is 16.0. The lowest BCUT2D eigenvalue weighted by Crippen LogP contribution is -2.28. The van der Waals surface area contributed by atoms with Crippen molar-refractivity contribution < 1.29 is 19.0 Å². The van der Waals surface area contributed by atoms with Gasteiger partial charge in [0.15, 0.2) is 18.1 Å². The summed E-state index contributed by atoms with van der Waals surface area (Å²) in [6, 6.07) is 13.1. The molecule has 0 saturated carbocycles. The highest BCUT2D eigenvalue weighted by molar-refractivity contribution is 5.77. The van der Waals surface area contributed by atoms with Crippen LogP contribution >= 0.6 is 0 Å². The molecule has 2 aromatic carbocycles. The van der Waals surface area contributed by atoms with Crippen LogP contribution in [0.15, 0.2) is 48.5 Å². The average Bonchev–Trinajstić information content (AvgIpc) is 2.65. The molecule has 1 amide bonds. The minimum absolute atomic E-state index is 0.0739. The van der Waals surface area contributed by atoms with Gasteiger partial charge in [0.25, 0.3) is 5.91 Å². The van der Waals surface area contributed by atoms with Crippen LogP contribution in [-0.2, 0) is 11.3 Å². The van der Waals surface area contributed by atoms with Gasteiger partial charge in [0.2, 0.25) is 0 Å². The summed E-state index contributed by atoms with van der Waals surface area (Å²) >= 11 is 0. The second-order valence-corrected chi connectivity index (χ2v) is 5.32. The molecule has 2 rings (SSSR count). The minimum Gasteiger partial charge on any atom is -0.497 e. The number of hydrogen-bond donors (Lipinski definition) is 1. The fraction of sp³-hybridized carbons (Fsp3) is 0.250. The number of benzene rings is 2. The second kappa shape index (κ2) is 9.37. The Morgan fingerprint density at radius 1 is 1.04 bits per heavy atom. The SMILES string of the molecule is C/C=C\c1ccc(OCC(=O)NCc2ccc(OC)cc2)c(OC)c1. The molecule has 0 bridgehead atoms. The van der Waals surface area contributed by atoms with Gasteiger partial charge in [0.1, 0.15) is 5.75 Å². The summed E-state index contributed by atoms with van der Waals surface area (Å²) in [7, 11) is 3.19. The summed E-state index contributed by atoms with van der Waals surface area (Å²) in [5, 5.41) is 2.82. The Bertz CT molecular complexity index is 723. The van der Waals surface area contributed by atoms with E-state index in [0.717, 1.165) is 16.9 Å². The van der Waals surface area contributed by atoms with Crippen molar-refractivity contribution in [1.29, 1.82) is 0 Å². The number of allylic oxidation sites excluding steroid dienone is 1. The van der Waals surface area contributed by atoms with E-state index in [1.807, 2.05) is 55.5 Å². The highest BCUT2D eigenvalue weighted by Gasteiger charge is 2.08. The Labute approximate surface area is 148 Å². The molecule has 0 aromatic heterocycles. The smallest absolute Gasteiger partial charge is 0.258 e. The molecule has 0 aliphatic carbocycles. The molecule has 5 nitrogen and oxygen atoms in total. The molecular formula is C20H23NO4. The fourth-order valence-corrected chi connectivity index (χ4v) is 2.24. The Kier molecular flexibility index (Phi) is 6.89. The molecule has 25 heavy (non-hydrogen) atoms. The van der Waals surface area contributed by atoms with Crippen LogP contribution in [0.2, 0.25) is 0 Å². The van der Waals surface area contributed by atoms with E-state index in [-0.39, 0.29) is 12.5 Å². The van der Waals surface area contributed by atoms with E-state index in [4.69, 9.17) is 14.2 Å². The molecule has 0 aliphatic heterocycles. The summed E-state index contributed by atoms with van der Waals surface area (Å²) in [6.07, 6.45) is 3.91. The van der Waals surface area contributed by atoms with Crippen molar-refractivity contribution in [3.8, 4) is 17.2 Å². The van der Waals surface area contributed by atoms with Gasteiger partial charge in [-0.05, 0) is 42.3 Å². The maximum absolute atomic E-state index is 12.0. The number of carbonyl (C=O) groups is 1. The molecule has 0 atom stereocenters. The van der Waals surface area contributed by atoms with E-state index in [1.165, 1.54) is 0 Å². The third-order valence-corrected chi connectivity index (χ3v) is 3.55. The first-order valence-electron chi connectivity index (χ1n) is 7.99. The summed E-state index contributed by atoms with van der Waals surface area (Å²) in [6.45, 7) is 2.31. The van der Waals surface area contributed by atoms with Crippen LogP contribution in [0, 0.1) is 0 Å². The van der Waals surface area contributed by atoms with Gasteiger partial charge in [-0.3, -0.25) is 4.79 Å². The monoisotopic (exact) mass is 341 g/mol. The van der Waals surface area contributed by atoms with Crippen molar-refractivity contribution in [2.24, 2.45) is 0 Å². The third kappa shape index (κ3) is 5.57. The number of rotatable bonds is 8. The average molecular weight is 341 g/mol. The molecule has 0 spiro atoms. The molecule has 132 valence electrons. The van der Waals surface area contributed by atoms with Crippen LogP contribution in [0.5, 0.6) is 17.2 Å². The molecule has 0 fully saturated rings. The van der Waals surface area contributed by atoms with E-state index in [9.17, 15) is 4.79 Å². The Morgan fingerprint density at radius 3 is 2.44 bits per heavy atom. The lowest BCUT2D eigenvalue weighted by Gasteiger charge is -2.11. The van der Waals surface area contributed by atoms with Gasteiger partial charge in [-0.2, -0.15) is 0 Å². The highest BCUT2D eigenvalue weighted by Crippen LogP contribution is 2.28. The number of amides is 1. The fourth-order valence-electron chi connectivity index (χ4n) is 2.24. The maximum atomic E-state index is 12.0. The van der Waals surface area contributed by atoms with Crippen LogP contribution in [0.1, 0.15) is 18.1 Å². The minimum atomic E-state index is -0.199. The van der Waals surface area contributed by atoms with Crippen molar-refractivity contribution in [3.63, 3.8) is 0 Å². The molecule has 0 unspecified atom stereocenters. The van der Waals surface area contributed by atoms with E-state index in [2.05, 4.69) is 5.32 Å². The molecule has 0 saturated heterocycles. The van der Waals surface area contributed by atoms with Crippen LogP contribution in [0.4, 0.5) is 0 Å². The molecule has 2 aromatic rings. The van der Waals surface area contributed by atoms with E-state index in [0.29, 0.717) is 18.0 Å².